The van der Waals surface area contributed by atoms with E-state index >= 15 is 0 Å². The van der Waals surface area contributed by atoms with E-state index < -0.39 is 0 Å². The number of hydrogen-bond donors (Lipinski definition) is 2. The molecule has 2 N–H and O–H groups in total. The molecule has 27 heavy (non-hydrogen) atoms. The van der Waals surface area contributed by atoms with Gasteiger partial charge in [-0.2, -0.15) is 5.10 Å². The highest BCUT2D eigenvalue weighted by molar-refractivity contribution is 14.0. The van der Waals surface area contributed by atoms with Crippen LogP contribution in [0.4, 0.5) is 5.69 Å². The van der Waals surface area contributed by atoms with E-state index in [1.807, 2.05) is 24.7 Å². The van der Waals surface area contributed by atoms with Crippen LogP contribution in [0.15, 0.2) is 35.3 Å². The van der Waals surface area contributed by atoms with Crippen LogP contribution in [0.2, 0.25) is 0 Å². The molecule has 2 rings (SSSR count). The molecule has 150 valence electrons. The number of rotatable bonds is 8. The zero-order valence-corrected chi connectivity index (χ0v) is 19.4. The lowest BCUT2D eigenvalue weighted by atomic mass is 10.2. The summed E-state index contributed by atoms with van der Waals surface area (Å²) in [7, 11) is 4.10. The quantitative estimate of drug-likeness (QED) is 0.262. The first-order valence-corrected chi connectivity index (χ1v) is 9.30. The van der Waals surface area contributed by atoms with Gasteiger partial charge in [0.05, 0.1) is 12.2 Å². The summed E-state index contributed by atoms with van der Waals surface area (Å²) in [5, 5.41) is 11.2. The number of para-hydroxylation sites is 1. The lowest BCUT2D eigenvalue weighted by Gasteiger charge is -2.19. The van der Waals surface area contributed by atoms with Crippen molar-refractivity contribution in [2.45, 2.75) is 33.7 Å². The number of nitrogens with one attached hydrogen (secondary N) is 2. The number of aryl methyl sites for hydroxylation is 2. The summed E-state index contributed by atoms with van der Waals surface area (Å²) in [5.74, 6) is 0.859. The molecule has 1 aromatic carbocycles. The summed E-state index contributed by atoms with van der Waals surface area (Å²) in [4.78, 5) is 6.99. The van der Waals surface area contributed by atoms with Crippen LogP contribution in [0.3, 0.4) is 0 Å². The number of aliphatic imine (C=N–C) groups is 1. The third-order valence-electron chi connectivity index (χ3n) is 4.56. The van der Waals surface area contributed by atoms with Crippen LogP contribution in [0.1, 0.15) is 30.3 Å². The fraction of sp³-hybridized carbons (Fsp3) is 0.500. The second kappa shape index (κ2) is 11.8. The summed E-state index contributed by atoms with van der Waals surface area (Å²) >= 11 is 0. The Morgan fingerprint density at radius 1 is 1.19 bits per heavy atom. The minimum atomic E-state index is 0. The van der Waals surface area contributed by atoms with Crippen molar-refractivity contribution in [1.29, 1.82) is 0 Å². The number of benzene rings is 1. The van der Waals surface area contributed by atoms with Gasteiger partial charge in [-0.3, -0.25) is 4.68 Å². The molecule has 6 nitrogen and oxygen atoms in total. The van der Waals surface area contributed by atoms with Crippen molar-refractivity contribution >= 4 is 35.6 Å². The number of hydrogen-bond acceptors (Lipinski definition) is 3. The van der Waals surface area contributed by atoms with Crippen LogP contribution in [0.5, 0.6) is 0 Å². The van der Waals surface area contributed by atoms with E-state index in [4.69, 9.17) is 4.99 Å². The van der Waals surface area contributed by atoms with Crippen LogP contribution in [-0.2, 0) is 13.6 Å². The van der Waals surface area contributed by atoms with E-state index in [1.165, 1.54) is 16.9 Å². The van der Waals surface area contributed by atoms with Gasteiger partial charge in [0.2, 0.25) is 0 Å². The van der Waals surface area contributed by atoms with Crippen LogP contribution in [0, 0.1) is 13.8 Å². The first-order chi connectivity index (χ1) is 12.5. The van der Waals surface area contributed by atoms with Gasteiger partial charge in [0, 0.05) is 50.7 Å². The van der Waals surface area contributed by atoms with Crippen molar-refractivity contribution in [2.75, 3.05) is 31.6 Å². The summed E-state index contributed by atoms with van der Waals surface area (Å²) in [6, 6.07) is 10.5. The largest absolute Gasteiger partial charge is 0.375 e. The lowest BCUT2D eigenvalue weighted by molar-refractivity contribution is 0.727. The maximum Gasteiger partial charge on any atom is 0.191 e. The molecule has 0 atom stereocenters. The molecule has 2 aromatic rings. The highest BCUT2D eigenvalue weighted by Crippen LogP contribution is 2.13. The Hall–Kier alpha value is -1.77. The molecular formula is C20H33IN6. The number of anilines is 1. The van der Waals surface area contributed by atoms with E-state index in [-0.39, 0.29) is 24.0 Å². The average Bonchev–Trinajstić information content (AvgIpc) is 2.89. The van der Waals surface area contributed by atoms with Gasteiger partial charge in [-0.05, 0) is 39.3 Å². The molecule has 0 unspecified atom stereocenters. The normalized spacial score (nSPS) is 11.1. The van der Waals surface area contributed by atoms with E-state index in [9.17, 15) is 0 Å². The van der Waals surface area contributed by atoms with Gasteiger partial charge in [-0.25, -0.2) is 4.99 Å². The zero-order chi connectivity index (χ0) is 18.9. The molecule has 7 heteroatoms. The maximum absolute atomic E-state index is 4.72. The van der Waals surface area contributed by atoms with Gasteiger partial charge in [0.15, 0.2) is 5.96 Å². The third-order valence-corrected chi connectivity index (χ3v) is 4.56. The first-order valence-electron chi connectivity index (χ1n) is 9.30. The number of aromatic nitrogens is 2. The molecule has 0 saturated carbocycles. The van der Waals surface area contributed by atoms with Gasteiger partial charge in [-0.1, -0.05) is 18.2 Å². The van der Waals surface area contributed by atoms with E-state index in [1.54, 1.807) is 0 Å². The Morgan fingerprint density at radius 3 is 2.48 bits per heavy atom. The van der Waals surface area contributed by atoms with Crippen molar-refractivity contribution in [3.8, 4) is 0 Å². The van der Waals surface area contributed by atoms with Crippen molar-refractivity contribution in [2.24, 2.45) is 12.0 Å². The molecular weight excluding hydrogens is 451 g/mol. The van der Waals surface area contributed by atoms with Crippen molar-refractivity contribution in [1.82, 2.24) is 20.4 Å². The Balaban J connectivity index is 0.00000364. The van der Waals surface area contributed by atoms with E-state index in [0.717, 1.165) is 37.7 Å². The van der Waals surface area contributed by atoms with Crippen molar-refractivity contribution in [3.63, 3.8) is 0 Å². The van der Waals surface area contributed by atoms with Crippen LogP contribution in [0.25, 0.3) is 0 Å². The molecule has 0 bridgehead atoms. The van der Waals surface area contributed by atoms with E-state index in [0.29, 0.717) is 6.54 Å². The minimum Gasteiger partial charge on any atom is -0.375 e. The molecule has 0 radical (unpaired) electrons. The van der Waals surface area contributed by atoms with Crippen LogP contribution < -0.4 is 15.5 Å². The number of nitrogens with zero attached hydrogens (tertiary/aromatic N) is 4. The molecule has 0 spiro atoms. The van der Waals surface area contributed by atoms with Gasteiger partial charge in [0.25, 0.3) is 0 Å². The Bertz CT molecular complexity index is 711. The topological polar surface area (TPSA) is 57.5 Å². The summed E-state index contributed by atoms with van der Waals surface area (Å²) in [6.07, 6.45) is 1.04. The second-order valence-electron chi connectivity index (χ2n) is 6.51. The number of guanidine groups is 1. The maximum atomic E-state index is 4.72. The summed E-state index contributed by atoms with van der Waals surface area (Å²) in [6.45, 7) is 9.58. The van der Waals surface area contributed by atoms with Crippen molar-refractivity contribution < 1.29 is 0 Å². The fourth-order valence-electron chi connectivity index (χ4n) is 2.88. The zero-order valence-electron chi connectivity index (χ0n) is 17.1. The molecule has 1 aromatic heterocycles. The minimum absolute atomic E-state index is 0. The first kappa shape index (κ1) is 23.3. The lowest BCUT2D eigenvalue weighted by Crippen LogP contribution is -2.38. The molecule has 1 heterocycles. The van der Waals surface area contributed by atoms with Gasteiger partial charge >= 0.3 is 0 Å². The van der Waals surface area contributed by atoms with Crippen LogP contribution in [-0.4, -0.2) is 42.4 Å². The number of halogens is 1. The molecule has 0 aliphatic rings. The van der Waals surface area contributed by atoms with E-state index in [2.05, 4.69) is 65.8 Å². The summed E-state index contributed by atoms with van der Waals surface area (Å²) < 4.78 is 1.92. The monoisotopic (exact) mass is 484 g/mol. The van der Waals surface area contributed by atoms with Crippen molar-refractivity contribution in [3.05, 3.63) is 47.3 Å². The van der Waals surface area contributed by atoms with Gasteiger partial charge in [-0.15, -0.1) is 24.0 Å². The predicted molar refractivity (Wildman–Crippen MR) is 125 cm³/mol. The fourth-order valence-corrected chi connectivity index (χ4v) is 2.88. The Morgan fingerprint density at radius 2 is 1.89 bits per heavy atom. The predicted octanol–water partition coefficient (Wildman–Crippen LogP) is 3.24. The highest BCUT2D eigenvalue weighted by atomic mass is 127. The Labute approximate surface area is 180 Å². The molecule has 0 saturated heterocycles. The molecule has 0 amide bonds. The highest BCUT2D eigenvalue weighted by Gasteiger charge is 2.09. The van der Waals surface area contributed by atoms with Crippen LogP contribution >= 0.6 is 24.0 Å². The smallest absolute Gasteiger partial charge is 0.191 e. The van der Waals surface area contributed by atoms with Gasteiger partial charge < -0.3 is 15.5 Å². The van der Waals surface area contributed by atoms with Gasteiger partial charge in [0.1, 0.15) is 0 Å². The standard InChI is InChI=1S/C20H32N6.HI/c1-6-21-20(23-15-19-16(2)24-26(5)17(19)3)22-13-10-14-25(4)18-11-8-7-9-12-18;/h7-9,11-12H,6,10,13-15H2,1-5H3,(H2,21,22,23);1H. The molecule has 0 aliphatic carbocycles. The Kier molecular flexibility index (Phi) is 10.2. The average molecular weight is 484 g/mol. The SMILES string of the molecule is CCNC(=NCc1c(C)nn(C)c1C)NCCCN(C)c1ccccc1.I. The summed E-state index contributed by atoms with van der Waals surface area (Å²) in [5.41, 5.74) is 4.67. The molecule has 0 aliphatic heterocycles. The molecule has 0 fully saturated rings. The second-order valence-corrected chi connectivity index (χ2v) is 6.51. The third kappa shape index (κ3) is 7.04.